The Morgan fingerprint density at radius 3 is 2.56 bits per heavy atom. The third-order valence-corrected chi connectivity index (χ3v) is 8.15. The van der Waals surface area contributed by atoms with Crippen molar-refractivity contribution in [1.29, 1.82) is 0 Å². The highest BCUT2D eigenvalue weighted by atomic mass is 32.2. The molecule has 36 heavy (non-hydrogen) atoms. The molecule has 2 amide bonds. The van der Waals surface area contributed by atoms with E-state index in [0.29, 0.717) is 37.6 Å². The standard InChI is InChI=1S/C27H25FN4O2S2/c28-22-9-3-4-11-24(22)31-12-14-32(15-13-31)26(34)16-20-17-35-27(29-20)36-18-25(33)30-23-10-5-7-19-6-1-2-8-21(19)23/h1-11,17H,12-16,18H2,(H,30,33). The highest BCUT2D eigenvalue weighted by Crippen LogP contribution is 2.26. The van der Waals surface area contributed by atoms with Crippen LogP contribution in [0.4, 0.5) is 15.8 Å². The van der Waals surface area contributed by atoms with E-state index < -0.39 is 0 Å². The summed E-state index contributed by atoms with van der Waals surface area (Å²) in [6, 6.07) is 20.5. The molecule has 0 unspecified atom stereocenters. The van der Waals surface area contributed by atoms with Crippen LogP contribution in [0.25, 0.3) is 10.8 Å². The van der Waals surface area contributed by atoms with Gasteiger partial charge in [-0.1, -0.05) is 60.3 Å². The molecule has 0 saturated carbocycles. The molecule has 1 aliphatic heterocycles. The Balaban J connectivity index is 1.10. The number of fused-ring (bicyclic) bond motifs is 1. The molecule has 1 aromatic heterocycles. The summed E-state index contributed by atoms with van der Waals surface area (Å²) in [6.45, 7) is 2.29. The zero-order valence-electron chi connectivity index (χ0n) is 19.5. The summed E-state index contributed by atoms with van der Waals surface area (Å²) in [6.07, 6.45) is 0.221. The summed E-state index contributed by atoms with van der Waals surface area (Å²) >= 11 is 2.80. The molecule has 1 fully saturated rings. The molecule has 0 atom stereocenters. The summed E-state index contributed by atoms with van der Waals surface area (Å²) in [7, 11) is 0. The van der Waals surface area contributed by atoms with E-state index in [1.54, 1.807) is 17.0 Å². The van der Waals surface area contributed by atoms with Crippen LogP contribution in [-0.2, 0) is 16.0 Å². The van der Waals surface area contributed by atoms with Crippen molar-refractivity contribution < 1.29 is 14.0 Å². The van der Waals surface area contributed by atoms with Gasteiger partial charge in [-0.2, -0.15) is 0 Å². The van der Waals surface area contributed by atoms with Gasteiger partial charge in [0.05, 0.1) is 23.6 Å². The first-order valence-electron chi connectivity index (χ1n) is 11.7. The van der Waals surface area contributed by atoms with Gasteiger partial charge >= 0.3 is 0 Å². The van der Waals surface area contributed by atoms with Gasteiger partial charge in [0, 0.05) is 42.6 Å². The minimum Gasteiger partial charge on any atom is -0.366 e. The van der Waals surface area contributed by atoms with Gasteiger partial charge in [0.15, 0.2) is 4.34 Å². The van der Waals surface area contributed by atoms with Crippen LogP contribution in [0.5, 0.6) is 0 Å². The number of carbonyl (C=O) groups excluding carboxylic acids is 2. The maximum Gasteiger partial charge on any atom is 0.234 e. The number of rotatable bonds is 7. The molecule has 1 aliphatic rings. The average molecular weight is 521 g/mol. The molecule has 1 N–H and O–H groups in total. The third kappa shape index (κ3) is 5.68. The predicted octanol–water partition coefficient (Wildman–Crippen LogP) is 5.06. The van der Waals surface area contributed by atoms with Gasteiger partial charge < -0.3 is 15.1 Å². The number of thioether (sulfide) groups is 1. The summed E-state index contributed by atoms with van der Waals surface area (Å²) in [5.41, 5.74) is 2.08. The van der Waals surface area contributed by atoms with Crippen molar-refractivity contribution in [2.45, 2.75) is 10.8 Å². The van der Waals surface area contributed by atoms with Crippen LogP contribution < -0.4 is 10.2 Å². The van der Waals surface area contributed by atoms with E-state index in [-0.39, 0.29) is 29.8 Å². The van der Waals surface area contributed by atoms with Gasteiger partial charge in [0.1, 0.15) is 5.82 Å². The van der Waals surface area contributed by atoms with Crippen LogP contribution in [0.3, 0.4) is 0 Å². The molecule has 2 heterocycles. The second-order valence-corrected chi connectivity index (χ2v) is 10.5. The van der Waals surface area contributed by atoms with E-state index in [9.17, 15) is 14.0 Å². The Kier molecular flexibility index (Phi) is 7.48. The van der Waals surface area contributed by atoms with Crippen molar-refractivity contribution in [2.75, 3.05) is 42.1 Å². The summed E-state index contributed by atoms with van der Waals surface area (Å²) in [4.78, 5) is 33.6. The first-order valence-corrected chi connectivity index (χ1v) is 13.6. The zero-order valence-corrected chi connectivity index (χ0v) is 21.2. The molecule has 4 aromatic rings. The number of hydrogen-bond acceptors (Lipinski definition) is 6. The maximum absolute atomic E-state index is 14.0. The summed E-state index contributed by atoms with van der Waals surface area (Å²) in [5, 5.41) is 6.94. The molecule has 0 radical (unpaired) electrons. The van der Waals surface area contributed by atoms with Crippen molar-refractivity contribution >= 4 is 57.1 Å². The Morgan fingerprint density at radius 1 is 0.972 bits per heavy atom. The number of nitrogens with zero attached hydrogens (tertiary/aromatic N) is 3. The monoisotopic (exact) mass is 520 g/mol. The number of amides is 2. The fourth-order valence-electron chi connectivity index (χ4n) is 4.26. The molecule has 184 valence electrons. The SMILES string of the molecule is O=C(CSc1nc(CC(=O)N2CCN(c3ccccc3F)CC2)cs1)Nc1cccc2ccccc12. The number of hydrogen-bond donors (Lipinski definition) is 1. The molecule has 9 heteroatoms. The van der Waals surface area contributed by atoms with Crippen LogP contribution >= 0.6 is 23.1 Å². The van der Waals surface area contributed by atoms with Crippen molar-refractivity contribution in [3.63, 3.8) is 0 Å². The van der Waals surface area contributed by atoms with Crippen LogP contribution in [-0.4, -0.2) is 53.6 Å². The number of carbonyl (C=O) groups is 2. The number of halogens is 1. The van der Waals surface area contributed by atoms with Crippen LogP contribution in [0.2, 0.25) is 0 Å². The topological polar surface area (TPSA) is 65.5 Å². The summed E-state index contributed by atoms with van der Waals surface area (Å²) < 4.78 is 14.8. The number of anilines is 2. The second-order valence-electron chi connectivity index (χ2n) is 8.46. The fourth-order valence-corrected chi connectivity index (χ4v) is 5.90. The molecule has 0 aliphatic carbocycles. The van der Waals surface area contributed by atoms with E-state index >= 15 is 0 Å². The number of piperazine rings is 1. The average Bonchev–Trinajstić information content (AvgIpc) is 3.35. The molecular formula is C27H25FN4O2S2. The van der Waals surface area contributed by atoms with Crippen molar-refractivity contribution in [3.05, 3.63) is 83.6 Å². The van der Waals surface area contributed by atoms with Gasteiger partial charge in [-0.3, -0.25) is 9.59 Å². The van der Waals surface area contributed by atoms with Gasteiger partial charge in [-0.15, -0.1) is 11.3 Å². The van der Waals surface area contributed by atoms with Gasteiger partial charge in [0.2, 0.25) is 11.8 Å². The van der Waals surface area contributed by atoms with Gasteiger partial charge in [0.25, 0.3) is 0 Å². The normalized spacial score (nSPS) is 13.7. The minimum atomic E-state index is -0.240. The van der Waals surface area contributed by atoms with E-state index in [1.807, 2.05) is 58.8 Å². The van der Waals surface area contributed by atoms with Crippen LogP contribution in [0.1, 0.15) is 5.69 Å². The number of aromatic nitrogens is 1. The number of thiazole rings is 1. The second kappa shape index (κ2) is 11.1. The van der Waals surface area contributed by atoms with Crippen LogP contribution in [0.15, 0.2) is 76.4 Å². The maximum atomic E-state index is 14.0. The molecule has 5 rings (SSSR count). The smallest absolute Gasteiger partial charge is 0.234 e. The van der Waals surface area contributed by atoms with Gasteiger partial charge in [-0.25, -0.2) is 9.37 Å². The number of nitrogens with one attached hydrogen (secondary N) is 1. The van der Waals surface area contributed by atoms with E-state index in [4.69, 9.17) is 0 Å². The highest BCUT2D eigenvalue weighted by molar-refractivity contribution is 8.01. The largest absolute Gasteiger partial charge is 0.366 e. The lowest BCUT2D eigenvalue weighted by atomic mass is 10.1. The Hall–Kier alpha value is -3.43. The first kappa shape index (κ1) is 24.3. The fraction of sp³-hybridized carbons (Fsp3) is 0.222. The Labute approximate surface area is 217 Å². The quantitative estimate of drug-likeness (QED) is 0.345. The van der Waals surface area contributed by atoms with Crippen molar-refractivity contribution in [1.82, 2.24) is 9.88 Å². The van der Waals surface area contributed by atoms with E-state index in [0.717, 1.165) is 20.8 Å². The van der Waals surface area contributed by atoms with Crippen molar-refractivity contribution in [3.8, 4) is 0 Å². The lowest BCUT2D eigenvalue weighted by molar-refractivity contribution is -0.130. The molecule has 3 aromatic carbocycles. The zero-order chi connectivity index (χ0) is 24.9. The van der Waals surface area contributed by atoms with E-state index in [2.05, 4.69) is 10.3 Å². The molecule has 1 saturated heterocycles. The first-order chi connectivity index (χ1) is 17.6. The number of benzene rings is 3. The lowest BCUT2D eigenvalue weighted by Gasteiger charge is -2.36. The molecular weight excluding hydrogens is 495 g/mol. The Bertz CT molecular complexity index is 1380. The Morgan fingerprint density at radius 2 is 1.72 bits per heavy atom. The van der Waals surface area contributed by atoms with E-state index in [1.165, 1.54) is 29.2 Å². The summed E-state index contributed by atoms with van der Waals surface area (Å²) in [5.74, 6) is -0.0894. The highest BCUT2D eigenvalue weighted by Gasteiger charge is 2.23. The third-order valence-electron chi connectivity index (χ3n) is 6.08. The molecule has 0 bridgehead atoms. The lowest BCUT2D eigenvalue weighted by Crippen LogP contribution is -2.49. The molecule has 0 spiro atoms. The predicted molar refractivity (Wildman–Crippen MR) is 144 cm³/mol. The number of para-hydroxylation sites is 1. The van der Waals surface area contributed by atoms with Crippen LogP contribution in [0, 0.1) is 5.82 Å². The van der Waals surface area contributed by atoms with Gasteiger partial charge in [-0.05, 0) is 23.6 Å². The minimum absolute atomic E-state index is 0.0127. The molecule has 6 nitrogen and oxygen atoms in total. The van der Waals surface area contributed by atoms with Crippen molar-refractivity contribution in [2.24, 2.45) is 0 Å².